The number of fused-ring (bicyclic) bond motifs is 3. The number of carbonyl (C=O) groups excluding carboxylic acids is 2. The van der Waals surface area contributed by atoms with E-state index in [4.69, 9.17) is 9.84 Å². The van der Waals surface area contributed by atoms with Crippen molar-refractivity contribution in [2.24, 2.45) is 11.8 Å². The van der Waals surface area contributed by atoms with Crippen molar-refractivity contribution < 1.29 is 24.2 Å². The zero-order valence-corrected chi connectivity index (χ0v) is 19.6. The number of carboxylic acids is 1. The lowest BCUT2D eigenvalue weighted by molar-refractivity contribution is -0.148. The van der Waals surface area contributed by atoms with Crippen LogP contribution in [0.1, 0.15) is 44.2 Å². The first-order valence-corrected chi connectivity index (χ1v) is 11.3. The SMILES string of the molecule is CC(C)C(CNC(=O)OCC1c2ccccc2-c2ccccc21)CC(=O)N(C)[C@@H](C)C(=O)O. The van der Waals surface area contributed by atoms with Gasteiger partial charge in [-0.1, -0.05) is 62.4 Å². The Kier molecular flexibility index (Phi) is 7.74. The average molecular weight is 453 g/mol. The number of amides is 2. The molecule has 2 aromatic carbocycles. The highest BCUT2D eigenvalue weighted by molar-refractivity contribution is 5.83. The number of alkyl carbamates (subject to hydrolysis) is 1. The number of aliphatic carboxylic acids is 1. The fourth-order valence-corrected chi connectivity index (χ4v) is 4.16. The maximum Gasteiger partial charge on any atom is 0.407 e. The molecular weight excluding hydrogens is 420 g/mol. The number of hydrogen-bond donors (Lipinski definition) is 2. The first-order valence-electron chi connectivity index (χ1n) is 11.3. The smallest absolute Gasteiger partial charge is 0.407 e. The van der Waals surface area contributed by atoms with Crippen LogP contribution in [0.2, 0.25) is 0 Å². The minimum Gasteiger partial charge on any atom is -0.480 e. The van der Waals surface area contributed by atoms with Crippen molar-refractivity contribution in [1.29, 1.82) is 0 Å². The van der Waals surface area contributed by atoms with Crippen molar-refractivity contribution in [3.05, 3.63) is 59.7 Å². The second-order valence-corrected chi connectivity index (χ2v) is 8.93. The highest BCUT2D eigenvalue weighted by Crippen LogP contribution is 2.44. The maximum absolute atomic E-state index is 12.5. The van der Waals surface area contributed by atoms with Gasteiger partial charge >= 0.3 is 12.1 Å². The molecule has 3 rings (SSSR count). The molecule has 2 atom stereocenters. The molecule has 33 heavy (non-hydrogen) atoms. The van der Waals surface area contributed by atoms with Gasteiger partial charge in [-0.05, 0) is 41.0 Å². The van der Waals surface area contributed by atoms with Gasteiger partial charge < -0.3 is 20.1 Å². The fourth-order valence-electron chi connectivity index (χ4n) is 4.16. The number of hydrogen-bond acceptors (Lipinski definition) is 4. The van der Waals surface area contributed by atoms with E-state index in [1.165, 1.54) is 30.0 Å². The zero-order valence-electron chi connectivity index (χ0n) is 19.6. The lowest BCUT2D eigenvalue weighted by atomic mass is 9.91. The number of benzene rings is 2. The Morgan fingerprint density at radius 1 is 1.00 bits per heavy atom. The Bertz CT molecular complexity index is 974. The molecule has 1 aliphatic rings. The third kappa shape index (κ3) is 5.53. The molecule has 0 fully saturated rings. The number of rotatable bonds is 9. The van der Waals surface area contributed by atoms with Crippen molar-refractivity contribution in [1.82, 2.24) is 10.2 Å². The quantitative estimate of drug-likeness (QED) is 0.597. The largest absolute Gasteiger partial charge is 0.480 e. The third-order valence-corrected chi connectivity index (χ3v) is 6.56. The van der Waals surface area contributed by atoms with Crippen LogP contribution in [0.25, 0.3) is 11.1 Å². The van der Waals surface area contributed by atoms with E-state index in [1.54, 1.807) is 0 Å². The Hall–Kier alpha value is -3.35. The van der Waals surface area contributed by atoms with E-state index < -0.39 is 18.1 Å². The predicted molar refractivity (Wildman–Crippen MR) is 126 cm³/mol. The Labute approximate surface area is 194 Å². The maximum atomic E-state index is 12.5. The van der Waals surface area contributed by atoms with E-state index >= 15 is 0 Å². The molecule has 7 nitrogen and oxygen atoms in total. The number of likely N-dealkylation sites (N-methyl/N-ethyl adjacent to an activating group) is 1. The number of ether oxygens (including phenoxy) is 1. The fraction of sp³-hybridized carbons (Fsp3) is 0.423. The van der Waals surface area contributed by atoms with Crippen LogP contribution in [0, 0.1) is 11.8 Å². The second-order valence-electron chi connectivity index (χ2n) is 8.93. The monoisotopic (exact) mass is 452 g/mol. The topological polar surface area (TPSA) is 95.9 Å². The van der Waals surface area contributed by atoms with Crippen molar-refractivity contribution in [2.45, 2.75) is 39.2 Å². The summed E-state index contributed by atoms with van der Waals surface area (Å²) in [5.74, 6) is -1.35. The van der Waals surface area contributed by atoms with Gasteiger partial charge in [0.25, 0.3) is 0 Å². The summed E-state index contributed by atoms with van der Waals surface area (Å²) in [6, 6.07) is 15.4. The van der Waals surface area contributed by atoms with E-state index in [2.05, 4.69) is 29.6 Å². The van der Waals surface area contributed by atoms with Crippen molar-refractivity contribution in [3.8, 4) is 11.1 Å². The summed E-state index contributed by atoms with van der Waals surface area (Å²) >= 11 is 0. The first-order chi connectivity index (χ1) is 15.7. The highest BCUT2D eigenvalue weighted by Gasteiger charge is 2.29. The van der Waals surface area contributed by atoms with Gasteiger partial charge in [0.15, 0.2) is 0 Å². The highest BCUT2D eigenvalue weighted by atomic mass is 16.5. The summed E-state index contributed by atoms with van der Waals surface area (Å²) in [4.78, 5) is 37.3. The van der Waals surface area contributed by atoms with Crippen LogP contribution in [0.4, 0.5) is 4.79 Å². The van der Waals surface area contributed by atoms with Crippen molar-refractivity contribution in [2.75, 3.05) is 20.2 Å². The van der Waals surface area contributed by atoms with Gasteiger partial charge in [0, 0.05) is 25.9 Å². The molecule has 176 valence electrons. The molecule has 0 aromatic heterocycles. The molecule has 0 aliphatic heterocycles. The molecule has 0 radical (unpaired) electrons. The number of nitrogens with one attached hydrogen (secondary N) is 1. The van der Waals surface area contributed by atoms with Gasteiger partial charge in [-0.2, -0.15) is 0 Å². The Balaban J connectivity index is 1.56. The van der Waals surface area contributed by atoms with E-state index in [1.807, 2.05) is 38.1 Å². The number of nitrogens with zero attached hydrogens (tertiary/aromatic N) is 1. The zero-order chi connectivity index (χ0) is 24.1. The molecule has 0 saturated heterocycles. The summed E-state index contributed by atoms with van der Waals surface area (Å²) in [6.45, 7) is 5.91. The van der Waals surface area contributed by atoms with E-state index in [0.29, 0.717) is 0 Å². The summed E-state index contributed by atoms with van der Waals surface area (Å²) in [7, 11) is 1.48. The van der Waals surface area contributed by atoms with Gasteiger partial charge in [0.05, 0.1) is 0 Å². The summed E-state index contributed by atoms with van der Waals surface area (Å²) < 4.78 is 5.57. The molecule has 0 spiro atoms. The van der Waals surface area contributed by atoms with Crippen LogP contribution < -0.4 is 5.32 Å². The molecule has 1 aliphatic carbocycles. The number of carboxylic acid groups (broad SMARTS) is 1. The lowest BCUT2D eigenvalue weighted by Gasteiger charge is -2.26. The summed E-state index contributed by atoms with van der Waals surface area (Å²) in [5, 5.41) is 11.9. The molecule has 2 N–H and O–H groups in total. The van der Waals surface area contributed by atoms with Gasteiger partial charge in [-0.25, -0.2) is 9.59 Å². The van der Waals surface area contributed by atoms with Gasteiger partial charge in [-0.3, -0.25) is 4.79 Å². The molecule has 2 aromatic rings. The van der Waals surface area contributed by atoms with Crippen LogP contribution in [0.5, 0.6) is 0 Å². The third-order valence-electron chi connectivity index (χ3n) is 6.56. The standard InChI is InChI=1S/C26H32N2O5/c1-16(2)18(13-24(29)28(4)17(3)25(30)31)14-27-26(32)33-15-23-21-11-7-5-9-19(21)20-10-6-8-12-22(20)23/h5-12,16-18,23H,13-15H2,1-4H3,(H,27,32)(H,30,31)/t17-,18?/m0/s1. The minimum atomic E-state index is -1.05. The van der Waals surface area contributed by atoms with Crippen LogP contribution in [0.3, 0.4) is 0 Å². The van der Waals surface area contributed by atoms with Crippen molar-refractivity contribution >= 4 is 18.0 Å². The number of carbonyl (C=O) groups is 3. The normalized spacial score (nSPS) is 14.2. The van der Waals surface area contributed by atoms with E-state index in [9.17, 15) is 14.4 Å². The molecule has 0 bridgehead atoms. The summed E-state index contributed by atoms with van der Waals surface area (Å²) in [5.41, 5.74) is 4.63. The van der Waals surface area contributed by atoms with Crippen molar-refractivity contribution in [3.63, 3.8) is 0 Å². The van der Waals surface area contributed by atoms with Gasteiger partial charge in [-0.15, -0.1) is 0 Å². The lowest BCUT2D eigenvalue weighted by Crippen LogP contribution is -2.42. The van der Waals surface area contributed by atoms with Crippen LogP contribution >= 0.6 is 0 Å². The molecule has 1 unspecified atom stereocenters. The Morgan fingerprint density at radius 2 is 1.55 bits per heavy atom. The van der Waals surface area contributed by atoms with E-state index in [0.717, 1.165) is 11.1 Å². The molecule has 0 saturated carbocycles. The average Bonchev–Trinajstić information content (AvgIpc) is 3.12. The predicted octanol–water partition coefficient (Wildman–Crippen LogP) is 4.12. The molecule has 0 heterocycles. The minimum absolute atomic E-state index is 0.0169. The van der Waals surface area contributed by atoms with Gasteiger partial charge in [0.2, 0.25) is 5.91 Å². The van der Waals surface area contributed by atoms with Gasteiger partial charge in [0.1, 0.15) is 12.6 Å². The first kappa shape index (κ1) is 24.3. The summed E-state index contributed by atoms with van der Waals surface area (Å²) in [6.07, 6.45) is -0.377. The molecular formula is C26H32N2O5. The van der Waals surface area contributed by atoms with E-state index in [-0.39, 0.29) is 43.2 Å². The molecule has 7 heteroatoms. The second kappa shape index (κ2) is 10.5. The van der Waals surface area contributed by atoms with Crippen LogP contribution in [0.15, 0.2) is 48.5 Å². The van der Waals surface area contributed by atoms with Crippen LogP contribution in [-0.2, 0) is 14.3 Å². The molecule has 2 amide bonds. The Morgan fingerprint density at radius 3 is 2.06 bits per heavy atom. The van der Waals surface area contributed by atoms with Crippen LogP contribution in [-0.4, -0.2) is 54.2 Å².